The zero-order valence-corrected chi connectivity index (χ0v) is 15.1. The standard InChI is InChI=1S/C19H21NO6/c1-11-8-16(24-3)17(25-4)9-14(11)19(23)20-15-6-5-13(7-12(15)2)26-10-18(21)22/h5-9H,10H2,1-4H3,(H,20,23)(H,21,22). The molecule has 0 aliphatic rings. The molecule has 138 valence electrons. The first-order chi connectivity index (χ1) is 12.3. The summed E-state index contributed by atoms with van der Waals surface area (Å²) in [5.74, 6) is 0.106. The van der Waals surface area contributed by atoms with Crippen LogP contribution >= 0.6 is 0 Å². The molecule has 2 aromatic carbocycles. The molecule has 0 saturated heterocycles. The molecule has 26 heavy (non-hydrogen) atoms. The molecular formula is C19H21NO6. The Labute approximate surface area is 151 Å². The van der Waals surface area contributed by atoms with E-state index in [-0.39, 0.29) is 5.91 Å². The first-order valence-electron chi connectivity index (χ1n) is 7.85. The Hall–Kier alpha value is -3.22. The summed E-state index contributed by atoms with van der Waals surface area (Å²) < 4.78 is 15.6. The van der Waals surface area contributed by atoms with Crippen molar-refractivity contribution in [1.82, 2.24) is 0 Å². The minimum absolute atomic E-state index is 0.286. The molecule has 2 rings (SSSR count). The fourth-order valence-electron chi connectivity index (χ4n) is 2.43. The van der Waals surface area contributed by atoms with Crippen molar-refractivity contribution in [2.24, 2.45) is 0 Å². The minimum Gasteiger partial charge on any atom is -0.493 e. The fraction of sp³-hybridized carbons (Fsp3) is 0.263. The molecule has 2 N–H and O–H groups in total. The van der Waals surface area contributed by atoms with Gasteiger partial charge in [-0.15, -0.1) is 0 Å². The van der Waals surface area contributed by atoms with E-state index in [1.807, 2.05) is 6.92 Å². The number of carbonyl (C=O) groups is 2. The second-order valence-corrected chi connectivity index (χ2v) is 5.64. The number of benzene rings is 2. The Morgan fingerprint density at radius 1 is 1.00 bits per heavy atom. The van der Waals surface area contributed by atoms with Gasteiger partial charge in [0.25, 0.3) is 5.91 Å². The number of carboxylic acid groups (broad SMARTS) is 1. The van der Waals surface area contributed by atoms with Crippen LogP contribution in [-0.4, -0.2) is 37.8 Å². The molecule has 7 nitrogen and oxygen atoms in total. The van der Waals surface area contributed by atoms with Crippen LogP contribution in [-0.2, 0) is 4.79 Å². The third-order valence-electron chi connectivity index (χ3n) is 3.78. The average molecular weight is 359 g/mol. The molecule has 2 aromatic rings. The number of carboxylic acids is 1. The van der Waals surface area contributed by atoms with Gasteiger partial charge < -0.3 is 24.6 Å². The number of anilines is 1. The van der Waals surface area contributed by atoms with Gasteiger partial charge in [-0.3, -0.25) is 4.79 Å². The zero-order valence-electron chi connectivity index (χ0n) is 15.1. The number of rotatable bonds is 7. The largest absolute Gasteiger partial charge is 0.493 e. The van der Waals surface area contributed by atoms with Crippen molar-refractivity contribution in [2.75, 3.05) is 26.1 Å². The Kier molecular flexibility index (Phi) is 6.06. The second-order valence-electron chi connectivity index (χ2n) is 5.64. The molecule has 0 aliphatic carbocycles. The monoisotopic (exact) mass is 359 g/mol. The van der Waals surface area contributed by atoms with Crippen LogP contribution in [0.2, 0.25) is 0 Å². The van der Waals surface area contributed by atoms with Crippen molar-refractivity contribution >= 4 is 17.6 Å². The number of aryl methyl sites for hydroxylation is 2. The summed E-state index contributed by atoms with van der Waals surface area (Å²) in [6.07, 6.45) is 0. The highest BCUT2D eigenvalue weighted by atomic mass is 16.5. The number of ether oxygens (including phenoxy) is 3. The van der Waals surface area contributed by atoms with Crippen molar-refractivity contribution in [3.63, 3.8) is 0 Å². The molecule has 0 radical (unpaired) electrons. The van der Waals surface area contributed by atoms with Crippen molar-refractivity contribution in [3.05, 3.63) is 47.0 Å². The van der Waals surface area contributed by atoms with E-state index in [4.69, 9.17) is 19.3 Å². The number of aliphatic carboxylic acids is 1. The van der Waals surface area contributed by atoms with E-state index in [1.165, 1.54) is 14.2 Å². The number of hydrogen-bond donors (Lipinski definition) is 2. The molecule has 0 aromatic heterocycles. The first kappa shape index (κ1) is 19.1. The molecule has 1 amide bonds. The van der Waals surface area contributed by atoms with Crippen molar-refractivity contribution in [3.8, 4) is 17.2 Å². The van der Waals surface area contributed by atoms with E-state index in [1.54, 1.807) is 37.3 Å². The molecule has 0 bridgehead atoms. The van der Waals surface area contributed by atoms with Gasteiger partial charge in [-0.1, -0.05) is 0 Å². The maximum Gasteiger partial charge on any atom is 0.341 e. The summed E-state index contributed by atoms with van der Waals surface area (Å²) >= 11 is 0. The third-order valence-corrected chi connectivity index (χ3v) is 3.78. The van der Waals surface area contributed by atoms with E-state index in [0.717, 1.165) is 11.1 Å². The molecule has 7 heteroatoms. The molecule has 0 fully saturated rings. The van der Waals surface area contributed by atoms with E-state index >= 15 is 0 Å². The normalized spacial score (nSPS) is 10.2. The number of methoxy groups -OCH3 is 2. The summed E-state index contributed by atoms with van der Waals surface area (Å²) in [5, 5.41) is 11.5. The Morgan fingerprint density at radius 3 is 2.23 bits per heavy atom. The van der Waals surface area contributed by atoms with Crippen LogP contribution in [0.1, 0.15) is 21.5 Å². The third kappa shape index (κ3) is 4.44. The molecule has 0 atom stereocenters. The van der Waals surface area contributed by atoms with Gasteiger partial charge >= 0.3 is 5.97 Å². The Bertz CT molecular complexity index is 831. The van der Waals surface area contributed by atoms with E-state index in [0.29, 0.717) is 28.5 Å². The number of amides is 1. The topological polar surface area (TPSA) is 94.1 Å². The molecule has 0 aliphatic heterocycles. The van der Waals surface area contributed by atoms with Gasteiger partial charge in [0.1, 0.15) is 5.75 Å². The first-order valence-corrected chi connectivity index (χ1v) is 7.85. The highest BCUT2D eigenvalue weighted by Crippen LogP contribution is 2.31. The quantitative estimate of drug-likeness (QED) is 0.789. The van der Waals surface area contributed by atoms with Crippen molar-refractivity contribution in [1.29, 1.82) is 0 Å². The van der Waals surface area contributed by atoms with Crippen LogP contribution in [0.15, 0.2) is 30.3 Å². The van der Waals surface area contributed by atoms with Gasteiger partial charge in [-0.2, -0.15) is 0 Å². The molecular weight excluding hydrogens is 338 g/mol. The predicted octanol–water partition coefficient (Wildman–Crippen LogP) is 3.04. The smallest absolute Gasteiger partial charge is 0.341 e. The van der Waals surface area contributed by atoms with Crippen LogP contribution in [0.4, 0.5) is 5.69 Å². The van der Waals surface area contributed by atoms with Gasteiger partial charge in [0.05, 0.1) is 14.2 Å². The number of carbonyl (C=O) groups excluding carboxylic acids is 1. The lowest BCUT2D eigenvalue weighted by atomic mass is 10.1. The Morgan fingerprint density at radius 2 is 1.65 bits per heavy atom. The second kappa shape index (κ2) is 8.24. The van der Waals surface area contributed by atoms with Crippen LogP contribution in [0, 0.1) is 13.8 Å². The SMILES string of the molecule is COc1cc(C)c(C(=O)Nc2ccc(OCC(=O)O)cc2C)cc1OC. The van der Waals surface area contributed by atoms with E-state index in [2.05, 4.69) is 5.32 Å². The van der Waals surface area contributed by atoms with Crippen LogP contribution in [0.5, 0.6) is 17.2 Å². The van der Waals surface area contributed by atoms with E-state index < -0.39 is 12.6 Å². The van der Waals surface area contributed by atoms with Crippen LogP contribution in [0.3, 0.4) is 0 Å². The molecule has 0 spiro atoms. The lowest BCUT2D eigenvalue weighted by Crippen LogP contribution is -2.15. The number of nitrogens with one attached hydrogen (secondary N) is 1. The molecule has 0 unspecified atom stereocenters. The van der Waals surface area contributed by atoms with Gasteiger partial charge in [0.15, 0.2) is 18.1 Å². The average Bonchev–Trinajstić information content (AvgIpc) is 2.61. The molecule has 0 saturated carbocycles. The highest BCUT2D eigenvalue weighted by molar-refractivity contribution is 6.06. The minimum atomic E-state index is -1.05. The van der Waals surface area contributed by atoms with Gasteiger partial charge in [-0.05, 0) is 55.3 Å². The Balaban J connectivity index is 2.21. The van der Waals surface area contributed by atoms with Crippen molar-refractivity contribution < 1.29 is 28.9 Å². The van der Waals surface area contributed by atoms with Crippen LogP contribution < -0.4 is 19.5 Å². The van der Waals surface area contributed by atoms with Gasteiger partial charge in [0.2, 0.25) is 0 Å². The lowest BCUT2D eigenvalue weighted by Gasteiger charge is -2.14. The predicted molar refractivity (Wildman–Crippen MR) is 96.5 cm³/mol. The summed E-state index contributed by atoms with van der Waals surface area (Å²) in [7, 11) is 3.04. The van der Waals surface area contributed by atoms with E-state index in [9.17, 15) is 9.59 Å². The van der Waals surface area contributed by atoms with Crippen molar-refractivity contribution in [2.45, 2.75) is 13.8 Å². The summed E-state index contributed by atoms with van der Waals surface area (Å²) in [6.45, 7) is 3.19. The lowest BCUT2D eigenvalue weighted by molar-refractivity contribution is -0.139. The summed E-state index contributed by atoms with van der Waals surface area (Å²) in [6, 6.07) is 8.31. The van der Waals surface area contributed by atoms with Gasteiger partial charge in [0, 0.05) is 11.3 Å². The molecule has 0 heterocycles. The number of hydrogen-bond acceptors (Lipinski definition) is 5. The van der Waals surface area contributed by atoms with Gasteiger partial charge in [-0.25, -0.2) is 4.79 Å². The fourth-order valence-corrected chi connectivity index (χ4v) is 2.43. The maximum atomic E-state index is 12.6. The highest BCUT2D eigenvalue weighted by Gasteiger charge is 2.15. The summed E-state index contributed by atoms with van der Waals surface area (Å²) in [5.41, 5.74) is 2.57. The maximum absolute atomic E-state index is 12.6. The zero-order chi connectivity index (χ0) is 19.3. The summed E-state index contributed by atoms with van der Waals surface area (Å²) in [4.78, 5) is 23.2. The van der Waals surface area contributed by atoms with Crippen LogP contribution in [0.25, 0.3) is 0 Å².